The normalized spacial score (nSPS) is 16.7. The maximum Gasteiger partial charge on any atom is 0.342 e. The van der Waals surface area contributed by atoms with Crippen LogP contribution in [-0.2, 0) is 16.0 Å². The van der Waals surface area contributed by atoms with Gasteiger partial charge in [0.25, 0.3) is 5.91 Å². The first kappa shape index (κ1) is 18.0. The van der Waals surface area contributed by atoms with E-state index in [1.807, 2.05) is 38.1 Å². The van der Waals surface area contributed by atoms with Gasteiger partial charge in [-0.25, -0.2) is 4.79 Å². The largest absolute Gasteiger partial charge is 0.493 e. The Bertz CT molecular complexity index is 817. The van der Waals surface area contributed by atoms with Gasteiger partial charge in [-0.15, -0.1) is 0 Å². The van der Waals surface area contributed by atoms with E-state index >= 15 is 0 Å². The van der Waals surface area contributed by atoms with Crippen molar-refractivity contribution in [3.63, 3.8) is 0 Å². The van der Waals surface area contributed by atoms with Crippen LogP contribution in [0.1, 0.15) is 36.7 Å². The molecule has 136 valence electrons. The number of anilines is 1. The van der Waals surface area contributed by atoms with Gasteiger partial charge in [0.2, 0.25) is 0 Å². The molecule has 0 radical (unpaired) electrons. The molecule has 26 heavy (non-hydrogen) atoms. The van der Waals surface area contributed by atoms with Crippen LogP contribution in [0.15, 0.2) is 48.5 Å². The third kappa shape index (κ3) is 3.43. The topological polar surface area (TPSA) is 55.8 Å². The zero-order valence-electron chi connectivity index (χ0n) is 15.3. The molecule has 1 heterocycles. The lowest BCUT2D eigenvalue weighted by molar-refractivity contribution is -0.126. The molecular weight excluding hydrogens is 330 g/mol. The molecule has 0 aliphatic carbocycles. The van der Waals surface area contributed by atoms with Gasteiger partial charge in [0.15, 0.2) is 6.10 Å². The van der Waals surface area contributed by atoms with Crippen LogP contribution in [0, 0.1) is 0 Å². The molecule has 0 fully saturated rings. The summed E-state index contributed by atoms with van der Waals surface area (Å²) >= 11 is 0. The molecule has 0 aromatic heterocycles. The first-order valence-electron chi connectivity index (χ1n) is 8.86. The molecule has 1 amide bonds. The smallest absolute Gasteiger partial charge is 0.342 e. The molecule has 2 aromatic carbocycles. The number of fused-ring (bicyclic) bond motifs is 1. The average molecular weight is 353 g/mol. The van der Waals surface area contributed by atoms with Crippen LogP contribution in [0.5, 0.6) is 5.75 Å². The van der Waals surface area contributed by atoms with Crippen LogP contribution in [-0.4, -0.2) is 30.6 Å². The van der Waals surface area contributed by atoms with Gasteiger partial charge >= 0.3 is 5.97 Å². The predicted octanol–water partition coefficient (Wildman–Crippen LogP) is 3.61. The van der Waals surface area contributed by atoms with Crippen LogP contribution >= 0.6 is 0 Å². The SMILES string of the molecule is CCOc1ccccc1C(=O)O[C@@H](C)C(=O)N1c2ccccc2C[C@@H]1C. The zero-order valence-corrected chi connectivity index (χ0v) is 15.3. The molecule has 2 aromatic rings. The molecule has 0 bridgehead atoms. The molecule has 0 saturated carbocycles. The van der Waals surface area contributed by atoms with Crippen molar-refractivity contribution in [2.24, 2.45) is 0 Å². The van der Waals surface area contributed by atoms with E-state index in [0.717, 1.165) is 17.7 Å². The van der Waals surface area contributed by atoms with Gasteiger partial charge in [0, 0.05) is 11.7 Å². The van der Waals surface area contributed by atoms with Crippen molar-refractivity contribution in [1.82, 2.24) is 0 Å². The number of rotatable bonds is 5. The number of ether oxygens (including phenoxy) is 2. The Morgan fingerprint density at radius 1 is 1.15 bits per heavy atom. The summed E-state index contributed by atoms with van der Waals surface area (Å²) in [7, 11) is 0. The molecule has 3 rings (SSSR count). The highest BCUT2D eigenvalue weighted by atomic mass is 16.5. The summed E-state index contributed by atoms with van der Waals surface area (Å²) in [6.07, 6.45) is -0.0822. The Kier molecular flexibility index (Phi) is 5.26. The van der Waals surface area contributed by atoms with E-state index in [1.54, 1.807) is 36.1 Å². The number of para-hydroxylation sites is 2. The molecule has 5 heteroatoms. The minimum Gasteiger partial charge on any atom is -0.493 e. The van der Waals surface area contributed by atoms with Crippen LogP contribution in [0.2, 0.25) is 0 Å². The fourth-order valence-corrected chi connectivity index (χ4v) is 3.29. The summed E-state index contributed by atoms with van der Waals surface area (Å²) in [6.45, 7) is 5.90. The third-order valence-corrected chi connectivity index (χ3v) is 4.48. The van der Waals surface area contributed by atoms with Crippen LogP contribution < -0.4 is 9.64 Å². The van der Waals surface area contributed by atoms with Gasteiger partial charge in [-0.2, -0.15) is 0 Å². The summed E-state index contributed by atoms with van der Waals surface area (Å²) in [5, 5.41) is 0. The Labute approximate surface area is 153 Å². The highest BCUT2D eigenvalue weighted by Crippen LogP contribution is 2.32. The van der Waals surface area contributed by atoms with E-state index in [-0.39, 0.29) is 11.9 Å². The lowest BCUT2D eigenvalue weighted by Crippen LogP contribution is -2.43. The molecule has 1 aliphatic rings. The van der Waals surface area contributed by atoms with E-state index in [1.165, 1.54) is 0 Å². The van der Waals surface area contributed by atoms with Crippen molar-refractivity contribution in [2.45, 2.75) is 39.3 Å². The number of carbonyl (C=O) groups excluding carboxylic acids is 2. The van der Waals surface area contributed by atoms with E-state index in [4.69, 9.17) is 9.47 Å². The minimum atomic E-state index is -0.884. The van der Waals surface area contributed by atoms with Crippen molar-refractivity contribution >= 4 is 17.6 Å². The standard InChI is InChI=1S/C21H23NO4/c1-4-25-19-12-8-6-10-17(19)21(24)26-15(3)20(23)22-14(2)13-16-9-5-7-11-18(16)22/h5-12,14-15H,4,13H2,1-3H3/t14-,15-/m0/s1. The van der Waals surface area contributed by atoms with Gasteiger partial charge < -0.3 is 14.4 Å². The van der Waals surface area contributed by atoms with E-state index < -0.39 is 12.1 Å². The summed E-state index contributed by atoms with van der Waals surface area (Å²) in [5.74, 6) is -0.320. The van der Waals surface area contributed by atoms with Gasteiger partial charge in [-0.05, 0) is 51.0 Å². The predicted molar refractivity (Wildman–Crippen MR) is 99.6 cm³/mol. The van der Waals surface area contributed by atoms with Crippen molar-refractivity contribution in [1.29, 1.82) is 0 Å². The molecule has 0 spiro atoms. The van der Waals surface area contributed by atoms with Gasteiger partial charge in [0.1, 0.15) is 11.3 Å². The molecular formula is C21H23NO4. The van der Waals surface area contributed by atoms with Crippen LogP contribution in [0.25, 0.3) is 0 Å². The van der Waals surface area contributed by atoms with Crippen LogP contribution in [0.3, 0.4) is 0 Å². The summed E-state index contributed by atoms with van der Waals surface area (Å²) in [4.78, 5) is 27.2. The first-order valence-corrected chi connectivity index (χ1v) is 8.86. The molecule has 0 N–H and O–H groups in total. The first-order chi connectivity index (χ1) is 12.5. The lowest BCUT2D eigenvalue weighted by atomic mass is 10.1. The lowest BCUT2D eigenvalue weighted by Gasteiger charge is -2.26. The van der Waals surface area contributed by atoms with Crippen molar-refractivity contribution in [2.75, 3.05) is 11.5 Å². The Morgan fingerprint density at radius 3 is 2.62 bits per heavy atom. The summed E-state index contributed by atoms with van der Waals surface area (Å²) < 4.78 is 10.9. The number of amides is 1. The molecule has 5 nitrogen and oxygen atoms in total. The highest BCUT2D eigenvalue weighted by molar-refractivity contribution is 6.01. The van der Waals surface area contributed by atoms with E-state index in [0.29, 0.717) is 17.9 Å². The number of carbonyl (C=O) groups is 2. The molecule has 1 aliphatic heterocycles. The second-order valence-corrected chi connectivity index (χ2v) is 6.37. The third-order valence-electron chi connectivity index (χ3n) is 4.48. The number of benzene rings is 2. The van der Waals surface area contributed by atoms with Gasteiger partial charge in [-0.3, -0.25) is 4.79 Å². The molecule has 0 unspecified atom stereocenters. The number of hydrogen-bond donors (Lipinski definition) is 0. The second-order valence-electron chi connectivity index (χ2n) is 6.37. The van der Waals surface area contributed by atoms with E-state index in [2.05, 4.69) is 0 Å². The number of hydrogen-bond acceptors (Lipinski definition) is 4. The minimum absolute atomic E-state index is 0.0387. The number of esters is 1. The van der Waals surface area contributed by atoms with Crippen molar-refractivity contribution < 1.29 is 19.1 Å². The molecule has 2 atom stereocenters. The number of nitrogens with zero attached hydrogens (tertiary/aromatic N) is 1. The Morgan fingerprint density at radius 2 is 1.85 bits per heavy atom. The fourth-order valence-electron chi connectivity index (χ4n) is 3.29. The maximum atomic E-state index is 12.9. The second kappa shape index (κ2) is 7.60. The molecule has 0 saturated heterocycles. The van der Waals surface area contributed by atoms with Crippen molar-refractivity contribution in [3.05, 3.63) is 59.7 Å². The Hall–Kier alpha value is -2.82. The monoisotopic (exact) mass is 353 g/mol. The summed E-state index contributed by atoms with van der Waals surface area (Å²) in [5.41, 5.74) is 2.35. The highest BCUT2D eigenvalue weighted by Gasteiger charge is 2.34. The maximum absolute atomic E-state index is 12.9. The quantitative estimate of drug-likeness (QED) is 0.771. The fraction of sp³-hybridized carbons (Fsp3) is 0.333. The summed E-state index contributed by atoms with van der Waals surface area (Å²) in [6, 6.07) is 14.7. The van der Waals surface area contributed by atoms with Crippen molar-refractivity contribution in [3.8, 4) is 5.75 Å². The Balaban J connectivity index is 1.75. The van der Waals surface area contributed by atoms with Gasteiger partial charge in [-0.1, -0.05) is 30.3 Å². The van der Waals surface area contributed by atoms with E-state index in [9.17, 15) is 9.59 Å². The zero-order chi connectivity index (χ0) is 18.7. The average Bonchev–Trinajstić information content (AvgIpc) is 2.97. The van der Waals surface area contributed by atoms with Gasteiger partial charge in [0.05, 0.1) is 6.61 Å². The van der Waals surface area contributed by atoms with Crippen LogP contribution in [0.4, 0.5) is 5.69 Å².